The summed E-state index contributed by atoms with van der Waals surface area (Å²) in [5.41, 5.74) is 1.17. The number of rotatable bonds is 8. The average Bonchev–Trinajstić information content (AvgIpc) is 2.82. The molecule has 0 aromatic heterocycles. The van der Waals surface area contributed by atoms with Gasteiger partial charge in [0.25, 0.3) is 5.91 Å². The molecule has 9 heteroatoms. The number of carbonyl (C=O) groups is 1. The summed E-state index contributed by atoms with van der Waals surface area (Å²) in [6.45, 7) is 1.05. The third-order valence-electron chi connectivity index (χ3n) is 5.91. The van der Waals surface area contributed by atoms with Crippen molar-refractivity contribution in [3.05, 3.63) is 65.7 Å². The number of piperidine rings is 1. The molecule has 0 radical (unpaired) electrons. The first-order valence-electron chi connectivity index (χ1n) is 10.1. The highest BCUT2D eigenvalue weighted by Gasteiger charge is 2.41. The standard InChI is InChI=1S/C22H29N3O5S/c1-24(30-3)31(27,28)25-15-13-22(14-16-25,18-9-5-4-6-10-18)17-23-21(26)19-11-7-8-12-20(19)29-2/h4-12H,13-17H2,1-3H3,(H,23,26). The van der Waals surface area contributed by atoms with Crippen LogP contribution in [0.25, 0.3) is 0 Å². The van der Waals surface area contributed by atoms with Crippen LogP contribution in [-0.4, -0.2) is 64.0 Å². The lowest BCUT2D eigenvalue weighted by Crippen LogP contribution is -2.52. The van der Waals surface area contributed by atoms with Crippen molar-refractivity contribution in [1.82, 2.24) is 14.1 Å². The summed E-state index contributed by atoms with van der Waals surface area (Å²) in [4.78, 5) is 17.8. The average molecular weight is 448 g/mol. The van der Waals surface area contributed by atoms with E-state index in [9.17, 15) is 13.2 Å². The van der Waals surface area contributed by atoms with E-state index in [1.54, 1.807) is 18.2 Å². The predicted octanol–water partition coefficient (Wildman–Crippen LogP) is 2.20. The Hall–Kier alpha value is -2.46. The molecule has 2 aromatic rings. The lowest BCUT2D eigenvalue weighted by molar-refractivity contribution is -0.0328. The third kappa shape index (κ3) is 4.90. The number of hydroxylamine groups is 1. The molecule has 2 aromatic carbocycles. The van der Waals surface area contributed by atoms with Crippen LogP contribution in [0.2, 0.25) is 0 Å². The maximum absolute atomic E-state index is 12.9. The molecule has 1 fully saturated rings. The molecule has 0 spiro atoms. The summed E-state index contributed by atoms with van der Waals surface area (Å²) in [7, 11) is 0.545. The summed E-state index contributed by atoms with van der Waals surface area (Å²) >= 11 is 0. The van der Waals surface area contributed by atoms with Crippen LogP contribution in [0.1, 0.15) is 28.8 Å². The monoisotopic (exact) mass is 447 g/mol. The van der Waals surface area contributed by atoms with Crippen LogP contribution in [0.15, 0.2) is 54.6 Å². The highest BCUT2D eigenvalue weighted by Crippen LogP contribution is 2.36. The zero-order valence-electron chi connectivity index (χ0n) is 18.1. The van der Waals surface area contributed by atoms with Crippen LogP contribution < -0.4 is 10.1 Å². The molecule has 1 N–H and O–H groups in total. The summed E-state index contributed by atoms with van der Waals surface area (Å²) in [6, 6.07) is 17.0. The fourth-order valence-electron chi connectivity index (χ4n) is 3.94. The molecule has 31 heavy (non-hydrogen) atoms. The molecule has 8 nitrogen and oxygen atoms in total. The minimum Gasteiger partial charge on any atom is -0.496 e. The number of methoxy groups -OCH3 is 1. The van der Waals surface area contributed by atoms with E-state index in [0.29, 0.717) is 43.8 Å². The van der Waals surface area contributed by atoms with Gasteiger partial charge in [-0.1, -0.05) is 46.9 Å². The van der Waals surface area contributed by atoms with E-state index in [1.807, 2.05) is 36.4 Å². The third-order valence-corrected chi connectivity index (χ3v) is 7.73. The van der Waals surface area contributed by atoms with Gasteiger partial charge >= 0.3 is 10.2 Å². The lowest BCUT2D eigenvalue weighted by Gasteiger charge is -2.42. The van der Waals surface area contributed by atoms with Gasteiger partial charge in [0.1, 0.15) is 5.75 Å². The van der Waals surface area contributed by atoms with Crippen molar-refractivity contribution < 1.29 is 22.8 Å². The molecule has 168 valence electrons. The fourth-order valence-corrected chi connectivity index (χ4v) is 5.10. The normalized spacial score (nSPS) is 16.8. The van der Waals surface area contributed by atoms with E-state index >= 15 is 0 Å². The number of nitrogens with zero attached hydrogens (tertiary/aromatic N) is 2. The van der Waals surface area contributed by atoms with Crippen LogP contribution in [0.4, 0.5) is 0 Å². The number of para-hydroxylation sites is 1. The molecule has 1 amide bonds. The summed E-state index contributed by atoms with van der Waals surface area (Å²) in [6.07, 6.45) is 1.14. The molecule has 3 rings (SSSR count). The second kappa shape index (κ2) is 9.78. The van der Waals surface area contributed by atoms with Crippen LogP contribution in [0.5, 0.6) is 5.75 Å². The van der Waals surface area contributed by atoms with Crippen LogP contribution in [0.3, 0.4) is 0 Å². The van der Waals surface area contributed by atoms with Gasteiger partial charge in [0.2, 0.25) is 0 Å². The fraction of sp³-hybridized carbons (Fsp3) is 0.409. The SMILES string of the molecule is COc1ccccc1C(=O)NCC1(c2ccccc2)CCN(S(=O)(=O)N(C)OC)CC1. The quantitative estimate of drug-likeness (QED) is 0.627. The Bertz CT molecular complexity index is 989. The Morgan fingerprint density at radius 2 is 1.68 bits per heavy atom. The first kappa shape index (κ1) is 23.2. The number of benzene rings is 2. The first-order valence-corrected chi connectivity index (χ1v) is 11.5. The lowest BCUT2D eigenvalue weighted by atomic mass is 9.73. The number of hydrogen-bond donors (Lipinski definition) is 1. The van der Waals surface area contributed by atoms with Gasteiger partial charge in [-0.05, 0) is 30.5 Å². The second-order valence-corrected chi connectivity index (χ2v) is 9.45. The Morgan fingerprint density at radius 1 is 1.06 bits per heavy atom. The molecule has 1 aliphatic heterocycles. The molecule has 0 aliphatic carbocycles. The van der Waals surface area contributed by atoms with Gasteiger partial charge in [0.15, 0.2) is 0 Å². The van der Waals surface area contributed by atoms with E-state index < -0.39 is 10.2 Å². The molecule has 1 saturated heterocycles. The zero-order chi connectivity index (χ0) is 22.5. The second-order valence-electron chi connectivity index (χ2n) is 7.53. The molecule has 0 unspecified atom stereocenters. The number of nitrogens with one attached hydrogen (secondary N) is 1. The van der Waals surface area contributed by atoms with Crippen LogP contribution >= 0.6 is 0 Å². The minimum atomic E-state index is -3.69. The van der Waals surface area contributed by atoms with Crippen molar-refractivity contribution in [2.75, 3.05) is 40.9 Å². The Kier molecular flexibility index (Phi) is 7.32. The Balaban J connectivity index is 1.80. The number of hydrogen-bond acceptors (Lipinski definition) is 5. The smallest absolute Gasteiger partial charge is 0.303 e. The largest absolute Gasteiger partial charge is 0.496 e. The van der Waals surface area contributed by atoms with Crippen molar-refractivity contribution >= 4 is 16.1 Å². The maximum Gasteiger partial charge on any atom is 0.303 e. The van der Waals surface area contributed by atoms with Crippen LogP contribution in [-0.2, 0) is 20.5 Å². The van der Waals surface area contributed by atoms with Crippen molar-refractivity contribution in [2.45, 2.75) is 18.3 Å². The number of carbonyl (C=O) groups excluding carboxylic acids is 1. The van der Waals surface area contributed by atoms with E-state index in [4.69, 9.17) is 9.57 Å². The van der Waals surface area contributed by atoms with Gasteiger partial charge in [-0.2, -0.15) is 12.7 Å². The first-order chi connectivity index (χ1) is 14.8. The van der Waals surface area contributed by atoms with E-state index in [-0.39, 0.29) is 11.3 Å². The molecule has 0 bridgehead atoms. The van der Waals surface area contributed by atoms with E-state index in [0.717, 1.165) is 10.0 Å². The van der Waals surface area contributed by atoms with Crippen LogP contribution in [0, 0.1) is 0 Å². The van der Waals surface area contributed by atoms with Gasteiger partial charge in [-0.3, -0.25) is 9.63 Å². The number of amides is 1. The summed E-state index contributed by atoms with van der Waals surface area (Å²) < 4.78 is 32.8. The van der Waals surface area contributed by atoms with Gasteiger partial charge in [0.05, 0.1) is 19.8 Å². The minimum absolute atomic E-state index is 0.220. The van der Waals surface area contributed by atoms with E-state index in [2.05, 4.69) is 5.32 Å². The Morgan fingerprint density at radius 3 is 2.29 bits per heavy atom. The molecular weight excluding hydrogens is 418 g/mol. The number of ether oxygens (including phenoxy) is 1. The van der Waals surface area contributed by atoms with E-state index in [1.165, 1.54) is 25.6 Å². The highest BCUT2D eigenvalue weighted by atomic mass is 32.2. The van der Waals surface area contributed by atoms with Crippen molar-refractivity contribution in [1.29, 1.82) is 0 Å². The molecular formula is C22H29N3O5S. The highest BCUT2D eigenvalue weighted by molar-refractivity contribution is 7.86. The molecule has 0 atom stereocenters. The topological polar surface area (TPSA) is 88.2 Å². The van der Waals surface area contributed by atoms with Gasteiger partial charge < -0.3 is 10.1 Å². The van der Waals surface area contributed by atoms with Gasteiger partial charge in [-0.15, -0.1) is 0 Å². The van der Waals surface area contributed by atoms with Crippen molar-refractivity contribution in [3.63, 3.8) is 0 Å². The molecule has 1 heterocycles. The zero-order valence-corrected chi connectivity index (χ0v) is 18.9. The Labute approximate surface area is 183 Å². The maximum atomic E-state index is 12.9. The summed E-state index contributed by atoms with van der Waals surface area (Å²) in [5.74, 6) is 0.291. The van der Waals surface area contributed by atoms with Crippen molar-refractivity contribution in [3.8, 4) is 5.75 Å². The van der Waals surface area contributed by atoms with Gasteiger partial charge in [-0.25, -0.2) is 0 Å². The van der Waals surface area contributed by atoms with Crippen molar-refractivity contribution in [2.24, 2.45) is 0 Å². The molecule has 1 aliphatic rings. The predicted molar refractivity (Wildman–Crippen MR) is 118 cm³/mol. The summed E-state index contributed by atoms with van der Waals surface area (Å²) in [5, 5.41) is 3.05. The van der Waals surface area contributed by atoms with Gasteiger partial charge in [0, 0.05) is 32.1 Å². The molecule has 0 saturated carbocycles.